The molecule has 37 heavy (non-hydrogen) atoms. The molecule has 0 unspecified atom stereocenters. The van der Waals surface area contributed by atoms with Crippen LogP contribution in [-0.2, 0) is 11.2 Å². The van der Waals surface area contributed by atoms with E-state index >= 15 is 0 Å². The molecule has 0 radical (unpaired) electrons. The van der Waals surface area contributed by atoms with Gasteiger partial charge in [0.1, 0.15) is 6.61 Å². The van der Waals surface area contributed by atoms with Gasteiger partial charge in [-0.05, 0) is 65.9 Å². The van der Waals surface area contributed by atoms with Crippen LogP contribution in [0.1, 0.15) is 54.3 Å². The van der Waals surface area contributed by atoms with Gasteiger partial charge in [0, 0.05) is 10.4 Å². The van der Waals surface area contributed by atoms with Crippen LogP contribution in [-0.4, -0.2) is 40.8 Å². The fourth-order valence-corrected chi connectivity index (χ4v) is 5.14. The third-order valence-corrected chi connectivity index (χ3v) is 7.04. The number of ether oxygens (including phenoxy) is 1. The lowest BCUT2D eigenvalue weighted by molar-refractivity contribution is 0.0421. The zero-order valence-corrected chi connectivity index (χ0v) is 20.5. The molecule has 6 rings (SSSR count). The van der Waals surface area contributed by atoms with Crippen molar-refractivity contribution in [3.05, 3.63) is 111 Å². The van der Waals surface area contributed by atoms with Crippen molar-refractivity contribution in [2.24, 2.45) is 0 Å². The molecule has 0 saturated carbocycles. The van der Waals surface area contributed by atoms with Gasteiger partial charge < -0.3 is 4.74 Å². The number of amides is 2. The number of allylic oxidation sites excluding steroid dienone is 1. The van der Waals surface area contributed by atoms with Crippen LogP contribution in [0.4, 0.5) is 0 Å². The van der Waals surface area contributed by atoms with Gasteiger partial charge in [0.05, 0.1) is 34.4 Å². The second-order valence-corrected chi connectivity index (χ2v) is 9.43. The molecule has 4 aromatic rings. The van der Waals surface area contributed by atoms with Gasteiger partial charge in [-0.25, -0.2) is 9.78 Å². The summed E-state index contributed by atoms with van der Waals surface area (Å²) in [5, 5.41) is 1.39. The van der Waals surface area contributed by atoms with Gasteiger partial charge in [-0.3, -0.25) is 14.5 Å². The number of benzene rings is 3. The maximum atomic E-state index is 13.4. The molecule has 0 saturated heterocycles. The summed E-state index contributed by atoms with van der Waals surface area (Å²) in [6, 6.07) is 21.8. The molecule has 2 aliphatic rings. The normalized spacial score (nSPS) is 15.4. The Kier molecular flexibility index (Phi) is 5.81. The van der Waals surface area contributed by atoms with Crippen molar-refractivity contribution in [3.63, 3.8) is 0 Å². The highest BCUT2D eigenvalue weighted by molar-refractivity contribution is 6.30. The van der Waals surface area contributed by atoms with Crippen LogP contribution >= 0.6 is 11.6 Å². The quantitative estimate of drug-likeness (QED) is 0.250. The maximum Gasteiger partial charge on any atom is 0.339 e. The monoisotopic (exact) mass is 508 g/mol. The van der Waals surface area contributed by atoms with Crippen LogP contribution in [0.5, 0.6) is 0 Å². The minimum Gasteiger partial charge on any atom is -0.460 e. The van der Waals surface area contributed by atoms with Gasteiger partial charge in [0.25, 0.3) is 11.8 Å². The fourth-order valence-electron chi connectivity index (χ4n) is 5.02. The molecule has 2 heterocycles. The minimum absolute atomic E-state index is 0.00892. The molecule has 0 spiro atoms. The van der Waals surface area contributed by atoms with Crippen LogP contribution in [0.2, 0.25) is 5.02 Å². The van der Waals surface area contributed by atoms with Crippen LogP contribution in [0.3, 0.4) is 0 Å². The Bertz CT molecular complexity index is 1590. The van der Waals surface area contributed by atoms with E-state index in [4.69, 9.17) is 21.3 Å². The number of fused-ring (bicyclic) bond motifs is 3. The van der Waals surface area contributed by atoms with E-state index in [-0.39, 0.29) is 25.0 Å². The van der Waals surface area contributed by atoms with Gasteiger partial charge in [0.15, 0.2) is 0 Å². The summed E-state index contributed by atoms with van der Waals surface area (Å²) in [5.74, 6) is -1.23. The predicted molar refractivity (Wildman–Crippen MR) is 141 cm³/mol. The number of hydrogen-bond acceptors (Lipinski definition) is 5. The summed E-state index contributed by atoms with van der Waals surface area (Å²) in [5.41, 5.74) is 5.63. The van der Waals surface area contributed by atoms with E-state index in [1.165, 1.54) is 0 Å². The summed E-state index contributed by atoms with van der Waals surface area (Å²) in [6.45, 7) is -0.103. The van der Waals surface area contributed by atoms with Crippen molar-refractivity contribution < 1.29 is 19.1 Å². The molecule has 0 fully saturated rings. The fraction of sp³-hybridized carbons (Fsp3) is 0.133. The Balaban J connectivity index is 1.27. The summed E-state index contributed by atoms with van der Waals surface area (Å²) < 4.78 is 5.64. The largest absolute Gasteiger partial charge is 0.460 e. The molecule has 7 heteroatoms. The molecule has 0 atom stereocenters. The van der Waals surface area contributed by atoms with E-state index in [0.717, 1.165) is 39.1 Å². The highest BCUT2D eigenvalue weighted by Gasteiger charge is 2.35. The summed E-state index contributed by atoms with van der Waals surface area (Å²) in [7, 11) is 0. The number of para-hydroxylation sites is 1. The molecule has 0 bridgehead atoms. The number of pyridine rings is 1. The molecule has 1 aliphatic carbocycles. The van der Waals surface area contributed by atoms with Gasteiger partial charge in [-0.15, -0.1) is 0 Å². The van der Waals surface area contributed by atoms with Crippen LogP contribution < -0.4 is 0 Å². The summed E-state index contributed by atoms with van der Waals surface area (Å²) >= 11 is 6.03. The van der Waals surface area contributed by atoms with Gasteiger partial charge in [-0.1, -0.05) is 54.1 Å². The predicted octanol–water partition coefficient (Wildman–Crippen LogP) is 5.83. The van der Waals surface area contributed by atoms with Crippen LogP contribution in [0.25, 0.3) is 22.6 Å². The summed E-state index contributed by atoms with van der Waals surface area (Å²) in [4.78, 5) is 44.7. The van der Waals surface area contributed by atoms with Crippen molar-refractivity contribution in [3.8, 4) is 0 Å². The molecule has 1 aromatic heterocycles. The van der Waals surface area contributed by atoms with Crippen molar-refractivity contribution in [2.45, 2.75) is 12.8 Å². The van der Waals surface area contributed by atoms with E-state index in [0.29, 0.717) is 33.7 Å². The maximum absolute atomic E-state index is 13.4. The Hall–Kier alpha value is -4.29. The molecular weight excluding hydrogens is 488 g/mol. The third kappa shape index (κ3) is 4.09. The van der Waals surface area contributed by atoms with E-state index < -0.39 is 5.97 Å². The lowest BCUT2D eigenvalue weighted by atomic mass is 10.0. The van der Waals surface area contributed by atoms with Crippen molar-refractivity contribution in [1.29, 1.82) is 0 Å². The number of halogens is 1. The Labute approximate surface area is 218 Å². The second kappa shape index (κ2) is 9.30. The molecule has 2 amide bonds. The molecule has 1 aliphatic heterocycles. The lowest BCUT2D eigenvalue weighted by Gasteiger charge is -2.15. The molecule has 6 nitrogen and oxygen atoms in total. The smallest absolute Gasteiger partial charge is 0.339 e. The van der Waals surface area contributed by atoms with Gasteiger partial charge >= 0.3 is 5.97 Å². The van der Waals surface area contributed by atoms with Crippen LogP contribution in [0.15, 0.2) is 72.8 Å². The van der Waals surface area contributed by atoms with Crippen molar-refractivity contribution >= 4 is 51.9 Å². The number of nitrogens with zero attached hydrogens (tertiary/aromatic N) is 2. The first-order chi connectivity index (χ1) is 18.0. The van der Waals surface area contributed by atoms with E-state index in [1.54, 1.807) is 24.3 Å². The zero-order valence-electron chi connectivity index (χ0n) is 19.7. The number of hydrogen-bond donors (Lipinski definition) is 0. The Morgan fingerprint density at radius 1 is 0.919 bits per heavy atom. The minimum atomic E-state index is -0.487. The number of carbonyl (C=O) groups excluding carboxylic acids is 3. The number of esters is 1. The zero-order chi connectivity index (χ0) is 25.5. The highest BCUT2D eigenvalue weighted by atomic mass is 35.5. The molecule has 182 valence electrons. The van der Waals surface area contributed by atoms with E-state index in [2.05, 4.69) is 6.08 Å². The topological polar surface area (TPSA) is 76.6 Å². The third-order valence-electron chi connectivity index (χ3n) is 6.78. The molecular formula is C30H21ClN2O4. The van der Waals surface area contributed by atoms with Gasteiger partial charge in [-0.2, -0.15) is 0 Å². The number of aromatic nitrogens is 1. The first kappa shape index (κ1) is 23.1. The van der Waals surface area contributed by atoms with Gasteiger partial charge in [0.2, 0.25) is 0 Å². The first-order valence-corrected chi connectivity index (χ1v) is 12.4. The van der Waals surface area contributed by atoms with Crippen molar-refractivity contribution in [1.82, 2.24) is 9.88 Å². The SMILES string of the molecule is O=C(OCCN1C(=O)c2ccccc2C1=O)c1c2c(nc3ccccc13)C(=Cc1ccc(Cl)cc1)CC2. The highest BCUT2D eigenvalue weighted by Crippen LogP contribution is 2.38. The van der Waals surface area contributed by atoms with E-state index in [1.807, 2.05) is 48.5 Å². The summed E-state index contributed by atoms with van der Waals surface area (Å²) in [6.07, 6.45) is 3.48. The standard InChI is InChI=1S/C30H21ClN2O4/c31-20-12-9-18(10-13-20)17-19-11-14-24-26(23-7-3-4-8-25(23)32-27(19)24)30(36)37-16-15-33-28(34)21-5-1-2-6-22(21)29(33)35/h1-10,12-13,17H,11,14-16H2. The van der Waals surface area contributed by atoms with Crippen molar-refractivity contribution in [2.75, 3.05) is 13.2 Å². The molecule has 3 aromatic carbocycles. The average molecular weight is 509 g/mol. The second-order valence-electron chi connectivity index (χ2n) is 9.00. The number of imide groups is 1. The number of rotatable bonds is 5. The Morgan fingerprint density at radius 3 is 2.32 bits per heavy atom. The lowest BCUT2D eigenvalue weighted by Crippen LogP contribution is -2.33. The van der Waals surface area contributed by atoms with E-state index in [9.17, 15) is 14.4 Å². The van der Waals surface area contributed by atoms with Crippen LogP contribution in [0, 0.1) is 0 Å². The average Bonchev–Trinajstić information content (AvgIpc) is 3.42. The first-order valence-electron chi connectivity index (χ1n) is 12.0. The number of carbonyl (C=O) groups is 3. The molecule has 0 N–H and O–H groups in total. The Morgan fingerprint density at radius 2 is 1.59 bits per heavy atom.